The van der Waals surface area contributed by atoms with Gasteiger partial charge in [-0.15, -0.1) is 0 Å². The molecule has 3 unspecified atom stereocenters. The van der Waals surface area contributed by atoms with Gasteiger partial charge in [0, 0.05) is 27.2 Å². The average molecular weight is 258 g/mol. The Hall–Kier alpha value is -1.30. The van der Waals surface area contributed by atoms with Crippen LogP contribution in [0.1, 0.15) is 20.3 Å². The number of carbonyl (C=O) groups excluding carboxylic acids is 1. The molecule has 0 aromatic rings. The molecule has 0 aliphatic carbocycles. The SMILES string of the molecule is CC(CN(C)C(=O)N(C)C1CCOC1C)C(=O)O. The van der Waals surface area contributed by atoms with Gasteiger partial charge in [-0.25, -0.2) is 4.79 Å². The van der Waals surface area contributed by atoms with Crippen LogP contribution >= 0.6 is 0 Å². The number of urea groups is 1. The van der Waals surface area contributed by atoms with Gasteiger partial charge in [0.25, 0.3) is 0 Å². The molecule has 2 amide bonds. The summed E-state index contributed by atoms with van der Waals surface area (Å²) in [6, 6.07) is -0.0921. The van der Waals surface area contributed by atoms with Gasteiger partial charge in [0.1, 0.15) is 0 Å². The predicted molar refractivity (Wildman–Crippen MR) is 66.4 cm³/mol. The molecule has 3 atom stereocenters. The van der Waals surface area contributed by atoms with Gasteiger partial charge in [0.15, 0.2) is 0 Å². The maximum Gasteiger partial charge on any atom is 0.319 e. The highest BCUT2D eigenvalue weighted by Gasteiger charge is 2.32. The second kappa shape index (κ2) is 6.04. The third-order valence-electron chi connectivity index (χ3n) is 3.43. The van der Waals surface area contributed by atoms with E-state index in [1.807, 2.05) is 6.92 Å². The van der Waals surface area contributed by atoms with E-state index in [1.54, 1.807) is 25.9 Å². The Morgan fingerprint density at radius 1 is 1.44 bits per heavy atom. The monoisotopic (exact) mass is 258 g/mol. The van der Waals surface area contributed by atoms with Gasteiger partial charge in [0.2, 0.25) is 0 Å². The molecule has 1 aliphatic heterocycles. The molecule has 0 saturated carbocycles. The standard InChI is InChI=1S/C12H22N2O4/c1-8(11(15)16)7-13(3)12(17)14(4)10-5-6-18-9(10)2/h8-10H,5-7H2,1-4H3,(H,15,16). The van der Waals surface area contributed by atoms with Crippen molar-refractivity contribution in [3.05, 3.63) is 0 Å². The van der Waals surface area contributed by atoms with E-state index in [4.69, 9.17) is 9.84 Å². The van der Waals surface area contributed by atoms with Crippen molar-refractivity contribution in [2.75, 3.05) is 27.2 Å². The van der Waals surface area contributed by atoms with Crippen LogP contribution in [0.15, 0.2) is 0 Å². The highest BCUT2D eigenvalue weighted by Crippen LogP contribution is 2.19. The molecule has 6 heteroatoms. The van der Waals surface area contributed by atoms with Crippen molar-refractivity contribution < 1.29 is 19.4 Å². The highest BCUT2D eigenvalue weighted by atomic mass is 16.5. The Morgan fingerprint density at radius 2 is 2.06 bits per heavy atom. The van der Waals surface area contributed by atoms with Crippen molar-refractivity contribution in [3.63, 3.8) is 0 Å². The molecule has 18 heavy (non-hydrogen) atoms. The van der Waals surface area contributed by atoms with Crippen LogP contribution in [-0.2, 0) is 9.53 Å². The summed E-state index contributed by atoms with van der Waals surface area (Å²) in [5, 5.41) is 8.83. The molecular weight excluding hydrogens is 236 g/mol. The van der Waals surface area contributed by atoms with Crippen molar-refractivity contribution in [1.82, 2.24) is 9.80 Å². The quantitative estimate of drug-likeness (QED) is 0.812. The van der Waals surface area contributed by atoms with Crippen LogP contribution in [0.3, 0.4) is 0 Å². The number of amides is 2. The van der Waals surface area contributed by atoms with Gasteiger partial charge in [-0.2, -0.15) is 0 Å². The van der Waals surface area contributed by atoms with Crippen LogP contribution < -0.4 is 0 Å². The number of rotatable bonds is 4. The molecule has 1 heterocycles. The summed E-state index contributed by atoms with van der Waals surface area (Å²) in [5.41, 5.74) is 0. The summed E-state index contributed by atoms with van der Waals surface area (Å²) in [6.45, 7) is 4.41. The third kappa shape index (κ3) is 3.35. The number of nitrogens with zero attached hydrogens (tertiary/aromatic N) is 2. The van der Waals surface area contributed by atoms with Crippen LogP contribution in [0, 0.1) is 5.92 Å². The summed E-state index contributed by atoms with van der Waals surface area (Å²) < 4.78 is 5.43. The van der Waals surface area contributed by atoms with E-state index in [0.717, 1.165) is 6.42 Å². The van der Waals surface area contributed by atoms with Crippen molar-refractivity contribution in [3.8, 4) is 0 Å². The second-order valence-corrected chi connectivity index (χ2v) is 4.95. The van der Waals surface area contributed by atoms with E-state index in [2.05, 4.69) is 0 Å². The fourth-order valence-electron chi connectivity index (χ4n) is 2.21. The second-order valence-electron chi connectivity index (χ2n) is 4.95. The van der Waals surface area contributed by atoms with Gasteiger partial charge in [-0.3, -0.25) is 4.79 Å². The predicted octanol–water partition coefficient (Wildman–Crippen LogP) is 0.868. The first-order valence-corrected chi connectivity index (χ1v) is 6.17. The number of carboxylic acids is 1. The topological polar surface area (TPSA) is 70.1 Å². The lowest BCUT2D eigenvalue weighted by atomic mass is 10.1. The lowest BCUT2D eigenvalue weighted by molar-refractivity contribution is -0.141. The normalized spacial score (nSPS) is 24.7. The van der Waals surface area contributed by atoms with Gasteiger partial charge in [-0.1, -0.05) is 6.92 Å². The van der Waals surface area contributed by atoms with Crippen LogP contribution in [-0.4, -0.2) is 66.3 Å². The highest BCUT2D eigenvalue weighted by molar-refractivity contribution is 5.76. The number of carbonyl (C=O) groups is 2. The molecule has 1 rings (SSSR count). The Kier molecular flexibility index (Phi) is 4.95. The van der Waals surface area contributed by atoms with Crippen LogP contribution in [0.5, 0.6) is 0 Å². The number of likely N-dealkylation sites (N-methyl/N-ethyl adjacent to an activating group) is 1. The minimum atomic E-state index is -0.894. The number of hydrogen-bond acceptors (Lipinski definition) is 3. The first-order chi connectivity index (χ1) is 8.34. The molecular formula is C12H22N2O4. The first-order valence-electron chi connectivity index (χ1n) is 6.17. The zero-order chi connectivity index (χ0) is 13.9. The average Bonchev–Trinajstić information content (AvgIpc) is 2.73. The molecule has 1 fully saturated rings. The Labute approximate surface area is 107 Å². The molecule has 1 aliphatic rings. The zero-order valence-corrected chi connectivity index (χ0v) is 11.4. The summed E-state index contributed by atoms with van der Waals surface area (Å²) in [6.07, 6.45) is 0.857. The minimum Gasteiger partial charge on any atom is -0.481 e. The van der Waals surface area contributed by atoms with Gasteiger partial charge >= 0.3 is 12.0 Å². The number of hydrogen-bond donors (Lipinski definition) is 1. The lowest BCUT2D eigenvalue weighted by Gasteiger charge is -2.31. The largest absolute Gasteiger partial charge is 0.481 e. The van der Waals surface area contributed by atoms with Gasteiger partial charge < -0.3 is 19.6 Å². The Morgan fingerprint density at radius 3 is 2.50 bits per heavy atom. The smallest absolute Gasteiger partial charge is 0.319 e. The van der Waals surface area contributed by atoms with Crippen molar-refractivity contribution in [2.45, 2.75) is 32.4 Å². The molecule has 0 radical (unpaired) electrons. The molecule has 0 spiro atoms. The molecule has 1 N–H and O–H groups in total. The van der Waals surface area contributed by atoms with E-state index < -0.39 is 11.9 Å². The third-order valence-corrected chi connectivity index (χ3v) is 3.43. The van der Waals surface area contributed by atoms with Crippen LogP contribution in [0.2, 0.25) is 0 Å². The van der Waals surface area contributed by atoms with Crippen molar-refractivity contribution in [1.29, 1.82) is 0 Å². The molecule has 1 saturated heterocycles. The number of carboxylic acid groups (broad SMARTS) is 1. The minimum absolute atomic E-state index is 0.0317. The van der Waals surface area contributed by atoms with Gasteiger partial charge in [0.05, 0.1) is 18.1 Å². The van der Waals surface area contributed by atoms with Crippen molar-refractivity contribution >= 4 is 12.0 Å². The summed E-state index contributed by atoms with van der Waals surface area (Å²) >= 11 is 0. The molecule has 0 aromatic heterocycles. The maximum absolute atomic E-state index is 12.1. The fourth-order valence-corrected chi connectivity index (χ4v) is 2.21. The molecule has 6 nitrogen and oxygen atoms in total. The van der Waals surface area contributed by atoms with Crippen LogP contribution in [0.4, 0.5) is 4.79 Å². The van der Waals surface area contributed by atoms with E-state index in [-0.39, 0.29) is 24.7 Å². The van der Waals surface area contributed by atoms with E-state index in [1.165, 1.54) is 4.90 Å². The van der Waals surface area contributed by atoms with Crippen molar-refractivity contribution in [2.24, 2.45) is 5.92 Å². The molecule has 0 bridgehead atoms. The lowest BCUT2D eigenvalue weighted by Crippen LogP contribution is -2.48. The number of aliphatic carboxylic acids is 1. The Bertz CT molecular complexity index is 321. The molecule has 0 aromatic carbocycles. The van der Waals surface area contributed by atoms with E-state index in [9.17, 15) is 9.59 Å². The molecule has 104 valence electrons. The fraction of sp³-hybridized carbons (Fsp3) is 0.833. The maximum atomic E-state index is 12.1. The summed E-state index contributed by atoms with van der Waals surface area (Å²) in [4.78, 5) is 26.0. The van der Waals surface area contributed by atoms with Crippen LogP contribution in [0.25, 0.3) is 0 Å². The number of ether oxygens (including phenoxy) is 1. The van der Waals surface area contributed by atoms with E-state index >= 15 is 0 Å². The summed E-state index contributed by atoms with van der Waals surface area (Å²) in [5.74, 6) is -1.46. The van der Waals surface area contributed by atoms with Gasteiger partial charge in [-0.05, 0) is 13.3 Å². The van der Waals surface area contributed by atoms with E-state index in [0.29, 0.717) is 6.61 Å². The zero-order valence-electron chi connectivity index (χ0n) is 11.4. The summed E-state index contributed by atoms with van der Waals surface area (Å²) in [7, 11) is 3.36. The first kappa shape index (κ1) is 14.8. The Balaban J connectivity index is 2.55.